The van der Waals surface area contributed by atoms with Gasteiger partial charge in [0.2, 0.25) is 12.3 Å². The van der Waals surface area contributed by atoms with Crippen LogP contribution in [0.2, 0.25) is 0 Å². The normalized spacial score (nSPS) is 23.1. The van der Waals surface area contributed by atoms with Crippen LogP contribution in [0.4, 0.5) is 0 Å². The van der Waals surface area contributed by atoms with Crippen LogP contribution in [0.3, 0.4) is 0 Å². The first-order valence-electron chi connectivity index (χ1n) is 4.72. The van der Waals surface area contributed by atoms with E-state index in [1.807, 2.05) is 6.92 Å². The molecular formula is C9H16N2O3. The number of aliphatic hydroxyl groups excluding tert-OH is 1. The smallest absolute Gasteiger partial charge is 0.243 e. The van der Waals surface area contributed by atoms with Gasteiger partial charge in [-0.15, -0.1) is 0 Å². The third-order valence-electron chi connectivity index (χ3n) is 1.92. The molecule has 1 amide bonds. The molecule has 0 spiro atoms. The number of ether oxygens (including phenoxy) is 1. The quantitative estimate of drug-likeness (QED) is 0.588. The number of rotatable bonds is 4. The van der Waals surface area contributed by atoms with Gasteiger partial charge in [-0.2, -0.15) is 0 Å². The van der Waals surface area contributed by atoms with Crippen LogP contribution >= 0.6 is 0 Å². The summed E-state index contributed by atoms with van der Waals surface area (Å²) in [6.07, 6.45) is 2.35. The van der Waals surface area contributed by atoms with Crippen molar-refractivity contribution in [1.82, 2.24) is 10.2 Å². The summed E-state index contributed by atoms with van der Waals surface area (Å²) in [4.78, 5) is 12.7. The lowest BCUT2D eigenvalue weighted by Crippen LogP contribution is -2.30. The SMILES string of the molecule is CCNC(=O)/C=C/CN1CCOC1O. The number of nitrogens with zero attached hydrogens (tertiary/aromatic N) is 1. The summed E-state index contributed by atoms with van der Waals surface area (Å²) in [6.45, 7) is 4.25. The van der Waals surface area contributed by atoms with Crippen molar-refractivity contribution in [2.24, 2.45) is 0 Å². The van der Waals surface area contributed by atoms with Gasteiger partial charge in [0, 0.05) is 25.7 Å². The van der Waals surface area contributed by atoms with E-state index in [0.29, 0.717) is 26.2 Å². The molecule has 0 aromatic heterocycles. The topological polar surface area (TPSA) is 61.8 Å². The Morgan fingerprint density at radius 2 is 2.57 bits per heavy atom. The van der Waals surface area contributed by atoms with Crippen molar-refractivity contribution in [3.63, 3.8) is 0 Å². The minimum absolute atomic E-state index is 0.109. The van der Waals surface area contributed by atoms with Crippen LogP contribution in [0.5, 0.6) is 0 Å². The van der Waals surface area contributed by atoms with E-state index in [2.05, 4.69) is 5.32 Å². The average Bonchev–Trinajstić information content (AvgIpc) is 2.52. The molecule has 0 aromatic rings. The van der Waals surface area contributed by atoms with Crippen LogP contribution in [0.15, 0.2) is 12.2 Å². The zero-order valence-corrected chi connectivity index (χ0v) is 8.27. The van der Waals surface area contributed by atoms with Crippen LogP contribution in [0, 0.1) is 0 Å². The highest BCUT2D eigenvalue weighted by Gasteiger charge is 2.20. The highest BCUT2D eigenvalue weighted by Crippen LogP contribution is 2.05. The third kappa shape index (κ3) is 3.45. The molecule has 1 rings (SSSR count). The van der Waals surface area contributed by atoms with Gasteiger partial charge >= 0.3 is 0 Å². The standard InChI is InChI=1S/C9H16N2O3/c1-2-10-8(12)4-3-5-11-6-7-14-9(11)13/h3-4,9,13H,2,5-7H2,1H3,(H,10,12)/b4-3+. The Labute approximate surface area is 83.3 Å². The lowest BCUT2D eigenvalue weighted by molar-refractivity contribution is -0.129. The molecule has 0 bridgehead atoms. The van der Waals surface area contributed by atoms with Crippen molar-refractivity contribution in [3.05, 3.63) is 12.2 Å². The lowest BCUT2D eigenvalue weighted by Gasteiger charge is -2.14. The molecule has 5 nitrogen and oxygen atoms in total. The fraction of sp³-hybridized carbons (Fsp3) is 0.667. The van der Waals surface area contributed by atoms with Gasteiger partial charge in [-0.3, -0.25) is 4.79 Å². The monoisotopic (exact) mass is 200 g/mol. The molecule has 1 unspecified atom stereocenters. The largest absolute Gasteiger partial charge is 0.356 e. The Balaban J connectivity index is 2.22. The van der Waals surface area contributed by atoms with Gasteiger partial charge in [0.25, 0.3) is 0 Å². The van der Waals surface area contributed by atoms with Crippen LogP contribution in [0.25, 0.3) is 0 Å². The summed E-state index contributed by atoms with van der Waals surface area (Å²) in [7, 11) is 0. The molecule has 0 saturated carbocycles. The third-order valence-corrected chi connectivity index (χ3v) is 1.92. The maximum Gasteiger partial charge on any atom is 0.243 e. The molecule has 1 heterocycles. The van der Waals surface area contributed by atoms with E-state index in [4.69, 9.17) is 4.74 Å². The van der Waals surface area contributed by atoms with Gasteiger partial charge in [0.15, 0.2) is 0 Å². The highest BCUT2D eigenvalue weighted by molar-refractivity contribution is 5.87. The van der Waals surface area contributed by atoms with Crippen molar-refractivity contribution in [3.8, 4) is 0 Å². The second kappa shape index (κ2) is 5.74. The van der Waals surface area contributed by atoms with Crippen molar-refractivity contribution in [2.75, 3.05) is 26.2 Å². The van der Waals surface area contributed by atoms with Crippen LogP contribution in [-0.4, -0.2) is 48.6 Å². The number of likely N-dealkylation sites (N-methyl/N-ethyl adjacent to an activating group) is 1. The molecule has 1 fully saturated rings. The Bertz CT molecular complexity index is 218. The summed E-state index contributed by atoms with van der Waals surface area (Å²) < 4.78 is 4.92. The number of hydrogen-bond acceptors (Lipinski definition) is 4. The Kier molecular flexibility index (Phi) is 4.58. The minimum Gasteiger partial charge on any atom is -0.356 e. The molecule has 0 aromatic carbocycles. The molecule has 5 heteroatoms. The zero-order valence-electron chi connectivity index (χ0n) is 8.27. The second-order valence-electron chi connectivity index (χ2n) is 2.99. The molecule has 14 heavy (non-hydrogen) atoms. The van der Waals surface area contributed by atoms with Crippen LogP contribution < -0.4 is 5.32 Å². The highest BCUT2D eigenvalue weighted by atomic mass is 16.6. The van der Waals surface area contributed by atoms with E-state index >= 15 is 0 Å². The van der Waals surface area contributed by atoms with Crippen molar-refractivity contribution >= 4 is 5.91 Å². The molecule has 2 N–H and O–H groups in total. The minimum atomic E-state index is -0.825. The van der Waals surface area contributed by atoms with Crippen molar-refractivity contribution < 1.29 is 14.6 Å². The number of aliphatic hydroxyl groups is 1. The van der Waals surface area contributed by atoms with Gasteiger partial charge in [-0.05, 0) is 6.92 Å². The second-order valence-corrected chi connectivity index (χ2v) is 2.99. The van der Waals surface area contributed by atoms with Gasteiger partial charge in [-0.1, -0.05) is 6.08 Å². The summed E-state index contributed by atoms with van der Waals surface area (Å²) in [5.74, 6) is -0.109. The Morgan fingerprint density at radius 3 is 3.14 bits per heavy atom. The van der Waals surface area contributed by atoms with Crippen molar-refractivity contribution in [1.29, 1.82) is 0 Å². The number of carbonyl (C=O) groups is 1. The molecular weight excluding hydrogens is 184 g/mol. The zero-order chi connectivity index (χ0) is 10.4. The van der Waals surface area contributed by atoms with Crippen molar-refractivity contribution in [2.45, 2.75) is 13.3 Å². The fourth-order valence-electron chi connectivity index (χ4n) is 1.20. The fourth-order valence-corrected chi connectivity index (χ4v) is 1.20. The molecule has 0 radical (unpaired) electrons. The van der Waals surface area contributed by atoms with Gasteiger partial charge in [-0.25, -0.2) is 4.90 Å². The van der Waals surface area contributed by atoms with E-state index in [9.17, 15) is 9.90 Å². The van der Waals surface area contributed by atoms with E-state index in [-0.39, 0.29) is 5.91 Å². The number of hydrogen-bond donors (Lipinski definition) is 2. The number of amides is 1. The van der Waals surface area contributed by atoms with Crippen LogP contribution in [-0.2, 0) is 9.53 Å². The first kappa shape index (κ1) is 11.2. The Morgan fingerprint density at radius 1 is 1.79 bits per heavy atom. The summed E-state index contributed by atoms with van der Waals surface area (Å²) in [5.41, 5.74) is 0. The maximum absolute atomic E-state index is 11.0. The molecule has 1 saturated heterocycles. The maximum atomic E-state index is 11.0. The van der Waals surface area contributed by atoms with Gasteiger partial charge in [0.05, 0.1) is 6.61 Å². The summed E-state index contributed by atoms with van der Waals surface area (Å²) in [5, 5.41) is 11.9. The summed E-state index contributed by atoms with van der Waals surface area (Å²) >= 11 is 0. The molecule has 0 aliphatic carbocycles. The molecule has 1 atom stereocenters. The lowest BCUT2D eigenvalue weighted by atomic mass is 10.4. The number of nitrogens with one attached hydrogen (secondary N) is 1. The van der Waals surface area contributed by atoms with E-state index < -0.39 is 6.41 Å². The van der Waals surface area contributed by atoms with Crippen LogP contribution in [0.1, 0.15) is 6.92 Å². The van der Waals surface area contributed by atoms with E-state index in [1.165, 1.54) is 6.08 Å². The predicted molar refractivity (Wildman–Crippen MR) is 51.4 cm³/mol. The van der Waals surface area contributed by atoms with E-state index in [1.54, 1.807) is 11.0 Å². The molecule has 1 aliphatic heterocycles. The average molecular weight is 200 g/mol. The van der Waals surface area contributed by atoms with Gasteiger partial charge < -0.3 is 15.2 Å². The predicted octanol–water partition coefficient (Wildman–Crippen LogP) is -0.713. The summed E-state index contributed by atoms with van der Waals surface area (Å²) in [6, 6.07) is 0. The molecule has 80 valence electrons. The molecule has 1 aliphatic rings. The van der Waals surface area contributed by atoms with Gasteiger partial charge in [0.1, 0.15) is 0 Å². The Hall–Kier alpha value is -0.910. The van der Waals surface area contributed by atoms with E-state index in [0.717, 1.165) is 0 Å². The first-order valence-corrected chi connectivity index (χ1v) is 4.72. The number of carbonyl (C=O) groups excluding carboxylic acids is 1. The first-order chi connectivity index (χ1) is 6.74.